The van der Waals surface area contributed by atoms with Crippen LogP contribution in [0.25, 0.3) is 23.1 Å². The Bertz CT molecular complexity index is 1300. The van der Waals surface area contributed by atoms with Gasteiger partial charge in [-0.25, -0.2) is 4.98 Å². The zero-order valence-corrected chi connectivity index (χ0v) is 17.6. The number of aryl methyl sites for hydroxylation is 1. The molecule has 2 aromatic carbocycles. The number of nitrogens with two attached hydrogens (primary N) is 1. The van der Waals surface area contributed by atoms with Gasteiger partial charge in [-0.15, -0.1) is 0 Å². The topological polar surface area (TPSA) is 103 Å². The lowest BCUT2D eigenvalue weighted by atomic mass is 10.1. The molecule has 8 heteroatoms. The lowest BCUT2D eigenvalue weighted by Crippen LogP contribution is -2.15. The van der Waals surface area contributed by atoms with E-state index in [2.05, 4.69) is 15.5 Å². The highest BCUT2D eigenvalue weighted by molar-refractivity contribution is 6.31. The number of aromatic nitrogens is 2. The molecule has 0 saturated carbocycles. The van der Waals surface area contributed by atoms with Gasteiger partial charge >= 0.3 is 0 Å². The minimum Gasteiger partial charge on any atom is -0.497 e. The van der Waals surface area contributed by atoms with E-state index in [0.29, 0.717) is 33.1 Å². The molecular weight excluding hydrogens is 416 g/mol. The maximum absolute atomic E-state index is 12.9. The van der Waals surface area contributed by atoms with Gasteiger partial charge in [0.15, 0.2) is 5.76 Å². The Morgan fingerprint density at radius 2 is 1.94 bits per heavy atom. The maximum Gasteiger partial charge on any atom is 0.259 e. The lowest BCUT2D eigenvalue weighted by Gasteiger charge is -2.08. The highest BCUT2D eigenvalue weighted by atomic mass is 35.5. The summed E-state index contributed by atoms with van der Waals surface area (Å²) in [6, 6.07) is 14.4. The number of nitrogen functional groups attached to an aromatic ring is 1. The number of hydrogen-bond acceptors (Lipinski definition) is 6. The van der Waals surface area contributed by atoms with Crippen LogP contribution < -0.4 is 15.8 Å². The van der Waals surface area contributed by atoms with Crippen LogP contribution in [0.4, 0.5) is 11.5 Å². The van der Waals surface area contributed by atoms with Crippen LogP contribution in [0.1, 0.15) is 27.4 Å². The summed E-state index contributed by atoms with van der Waals surface area (Å²) >= 11 is 6.05. The van der Waals surface area contributed by atoms with Gasteiger partial charge in [-0.1, -0.05) is 35.0 Å². The number of carbonyl (C=O) groups is 1. The summed E-state index contributed by atoms with van der Waals surface area (Å²) in [5, 5.41) is 8.06. The molecule has 1 amide bonds. The fourth-order valence-corrected chi connectivity index (χ4v) is 3.25. The molecule has 0 fully saturated rings. The van der Waals surface area contributed by atoms with Gasteiger partial charge in [-0.05, 0) is 55.0 Å². The van der Waals surface area contributed by atoms with Gasteiger partial charge in [0.2, 0.25) is 0 Å². The molecule has 2 heterocycles. The van der Waals surface area contributed by atoms with Gasteiger partial charge in [-0.2, -0.15) is 0 Å². The van der Waals surface area contributed by atoms with Gasteiger partial charge in [0.1, 0.15) is 22.9 Å². The number of amides is 1. The maximum atomic E-state index is 12.9. The standard InChI is InChI=1S/C23H19ClN4O3/c1-13-21(20(31-28-13)10-5-14-3-7-17(30-2)8-4-14)27-23(29)18-12-15-11-16(24)6-9-19(15)26-22(18)25/h3-12H,1-2H3,(H2,25,26)(H,27,29)/b10-5+. The Labute approximate surface area is 183 Å². The Kier molecular flexibility index (Phi) is 5.60. The van der Waals surface area contributed by atoms with Crippen molar-refractivity contribution in [1.29, 1.82) is 0 Å². The largest absolute Gasteiger partial charge is 0.497 e. The average Bonchev–Trinajstić information content (AvgIpc) is 3.11. The molecule has 0 aliphatic rings. The van der Waals surface area contributed by atoms with E-state index in [1.807, 2.05) is 30.3 Å². The first kappa shape index (κ1) is 20.4. The first-order chi connectivity index (χ1) is 14.9. The van der Waals surface area contributed by atoms with E-state index in [-0.39, 0.29) is 11.4 Å². The van der Waals surface area contributed by atoms with Crippen molar-refractivity contribution >= 4 is 52.1 Å². The molecule has 0 saturated heterocycles. The van der Waals surface area contributed by atoms with Gasteiger partial charge in [-0.3, -0.25) is 4.79 Å². The Balaban J connectivity index is 1.60. The molecule has 0 unspecified atom stereocenters. The quantitative estimate of drug-likeness (QED) is 0.447. The third-order valence-corrected chi connectivity index (χ3v) is 4.96. The highest BCUT2D eigenvalue weighted by Gasteiger charge is 2.18. The van der Waals surface area contributed by atoms with Crippen LogP contribution in [0.2, 0.25) is 5.02 Å². The fraction of sp³-hybridized carbons (Fsp3) is 0.0870. The van der Waals surface area contributed by atoms with Gasteiger partial charge in [0.25, 0.3) is 5.91 Å². The number of ether oxygens (including phenoxy) is 1. The molecule has 4 aromatic rings. The van der Waals surface area contributed by atoms with E-state index in [4.69, 9.17) is 26.6 Å². The Morgan fingerprint density at radius 3 is 2.68 bits per heavy atom. The van der Waals surface area contributed by atoms with Gasteiger partial charge in [0, 0.05) is 10.4 Å². The molecule has 7 nitrogen and oxygen atoms in total. The van der Waals surface area contributed by atoms with Crippen LogP contribution in [0.5, 0.6) is 5.75 Å². The second kappa shape index (κ2) is 8.49. The number of nitrogens with one attached hydrogen (secondary N) is 1. The van der Waals surface area contributed by atoms with Crippen LogP contribution in [0.15, 0.2) is 53.1 Å². The van der Waals surface area contributed by atoms with Crippen molar-refractivity contribution in [2.75, 3.05) is 18.2 Å². The Hall–Kier alpha value is -3.84. The number of halogens is 1. The van der Waals surface area contributed by atoms with Crippen LogP contribution in [-0.2, 0) is 0 Å². The molecule has 0 aliphatic carbocycles. The molecule has 0 atom stereocenters. The minimum absolute atomic E-state index is 0.122. The molecular formula is C23H19ClN4O3. The number of rotatable bonds is 5. The zero-order chi connectivity index (χ0) is 22.0. The van der Waals surface area contributed by atoms with Crippen LogP contribution in [0, 0.1) is 6.92 Å². The molecule has 0 spiro atoms. The fourth-order valence-electron chi connectivity index (χ4n) is 3.06. The second-order valence-electron chi connectivity index (χ2n) is 6.83. The first-order valence-electron chi connectivity index (χ1n) is 9.40. The smallest absolute Gasteiger partial charge is 0.259 e. The Morgan fingerprint density at radius 1 is 1.16 bits per heavy atom. The van der Waals surface area contributed by atoms with Gasteiger partial charge < -0.3 is 20.3 Å². The number of carbonyl (C=O) groups excluding carboxylic acids is 1. The monoisotopic (exact) mass is 434 g/mol. The summed E-state index contributed by atoms with van der Waals surface area (Å²) in [6.07, 6.45) is 3.59. The number of nitrogens with zero attached hydrogens (tertiary/aromatic N) is 2. The minimum atomic E-state index is -0.419. The first-order valence-corrected chi connectivity index (χ1v) is 9.78. The summed E-state index contributed by atoms with van der Waals surface area (Å²) in [5.41, 5.74) is 8.85. The molecule has 0 bridgehead atoms. The highest BCUT2D eigenvalue weighted by Crippen LogP contribution is 2.26. The number of anilines is 2. The van der Waals surface area contributed by atoms with E-state index in [1.165, 1.54) is 0 Å². The van der Waals surface area contributed by atoms with Crippen molar-refractivity contribution in [3.8, 4) is 5.75 Å². The molecule has 4 rings (SSSR count). The van der Waals surface area contributed by atoms with Crippen molar-refractivity contribution in [1.82, 2.24) is 10.1 Å². The van der Waals surface area contributed by atoms with Crippen molar-refractivity contribution in [3.63, 3.8) is 0 Å². The van der Waals surface area contributed by atoms with Crippen LogP contribution in [-0.4, -0.2) is 23.2 Å². The molecule has 2 aromatic heterocycles. The summed E-state index contributed by atoms with van der Waals surface area (Å²) in [7, 11) is 1.61. The third kappa shape index (κ3) is 4.36. The number of pyridine rings is 1. The van der Waals surface area contributed by atoms with Crippen molar-refractivity contribution in [2.24, 2.45) is 0 Å². The molecule has 31 heavy (non-hydrogen) atoms. The number of benzene rings is 2. The normalized spacial score (nSPS) is 11.2. The average molecular weight is 435 g/mol. The predicted molar refractivity (Wildman–Crippen MR) is 122 cm³/mol. The van der Waals surface area contributed by atoms with E-state index < -0.39 is 5.91 Å². The molecule has 156 valence electrons. The second-order valence-corrected chi connectivity index (χ2v) is 7.26. The van der Waals surface area contributed by atoms with E-state index in [0.717, 1.165) is 11.3 Å². The lowest BCUT2D eigenvalue weighted by molar-refractivity contribution is 0.102. The van der Waals surface area contributed by atoms with Crippen molar-refractivity contribution in [2.45, 2.75) is 6.92 Å². The van der Waals surface area contributed by atoms with Crippen LogP contribution >= 0.6 is 11.6 Å². The van der Waals surface area contributed by atoms with Crippen molar-refractivity contribution < 1.29 is 14.1 Å². The molecule has 3 N–H and O–H groups in total. The summed E-state index contributed by atoms with van der Waals surface area (Å²) in [4.78, 5) is 17.2. The van der Waals surface area contributed by atoms with Crippen LogP contribution in [0.3, 0.4) is 0 Å². The summed E-state index contributed by atoms with van der Waals surface area (Å²) in [6.45, 7) is 1.74. The van der Waals surface area contributed by atoms with Crippen molar-refractivity contribution in [3.05, 3.63) is 76.1 Å². The SMILES string of the molecule is COc1ccc(/C=C/c2onc(C)c2NC(=O)c2cc3cc(Cl)ccc3nc2N)cc1. The molecule has 0 radical (unpaired) electrons. The predicted octanol–water partition coefficient (Wildman–Crippen LogP) is 5.20. The van der Waals surface area contributed by atoms with E-state index >= 15 is 0 Å². The number of fused-ring (bicyclic) bond motifs is 1. The molecule has 0 aliphatic heterocycles. The summed E-state index contributed by atoms with van der Waals surface area (Å²) < 4.78 is 10.5. The zero-order valence-electron chi connectivity index (χ0n) is 16.8. The van der Waals surface area contributed by atoms with Gasteiger partial charge in [0.05, 0.1) is 18.2 Å². The van der Waals surface area contributed by atoms with E-state index in [9.17, 15) is 4.79 Å². The van der Waals surface area contributed by atoms with E-state index in [1.54, 1.807) is 44.4 Å². The number of methoxy groups -OCH3 is 1. The number of hydrogen-bond donors (Lipinski definition) is 2. The third-order valence-electron chi connectivity index (χ3n) is 4.72. The summed E-state index contributed by atoms with van der Waals surface area (Å²) in [5.74, 6) is 0.884.